The summed E-state index contributed by atoms with van der Waals surface area (Å²) in [7, 11) is -1.74. The Morgan fingerprint density at radius 2 is 1.86 bits per heavy atom. The largest absolute Gasteiger partial charge is 0.467 e. The molecule has 1 amide bonds. The van der Waals surface area contributed by atoms with E-state index in [1.54, 1.807) is 30.3 Å². The van der Waals surface area contributed by atoms with E-state index in [1.807, 2.05) is 23.1 Å². The van der Waals surface area contributed by atoms with Gasteiger partial charge in [-0.3, -0.25) is 9.69 Å². The molecular formula is C21H27N3O4S. The number of amides is 1. The molecule has 1 saturated heterocycles. The number of carbonyl (C=O) groups is 1. The molecule has 0 spiro atoms. The number of sulfonamides is 1. The molecule has 0 bridgehead atoms. The van der Waals surface area contributed by atoms with Crippen LogP contribution in [0.2, 0.25) is 0 Å². The third-order valence-corrected chi connectivity index (χ3v) is 7.69. The van der Waals surface area contributed by atoms with Gasteiger partial charge in [0.1, 0.15) is 5.76 Å². The first kappa shape index (κ1) is 20.1. The SMILES string of the molecule is CN(Cc1ccco1)C(=O)CN1CCN(S(=O)(=O)c2ccc3c(c2)CCC3)CC1. The minimum atomic E-state index is -3.49. The fourth-order valence-electron chi connectivity index (χ4n) is 4.02. The van der Waals surface area contributed by atoms with Gasteiger partial charge >= 0.3 is 0 Å². The smallest absolute Gasteiger partial charge is 0.243 e. The van der Waals surface area contributed by atoms with Gasteiger partial charge in [-0.05, 0) is 54.7 Å². The van der Waals surface area contributed by atoms with Gasteiger partial charge in [-0.25, -0.2) is 8.42 Å². The number of hydrogen-bond donors (Lipinski definition) is 0. The van der Waals surface area contributed by atoms with Gasteiger partial charge in [-0.2, -0.15) is 4.31 Å². The molecule has 7 nitrogen and oxygen atoms in total. The second kappa shape index (κ2) is 8.30. The number of carbonyl (C=O) groups excluding carboxylic acids is 1. The lowest BCUT2D eigenvalue weighted by molar-refractivity contribution is -0.132. The van der Waals surface area contributed by atoms with Crippen molar-refractivity contribution in [3.05, 3.63) is 53.5 Å². The first-order valence-electron chi connectivity index (χ1n) is 10.0. The molecule has 2 heterocycles. The summed E-state index contributed by atoms with van der Waals surface area (Å²) in [6.07, 6.45) is 4.69. The van der Waals surface area contributed by atoms with Crippen molar-refractivity contribution in [1.82, 2.24) is 14.1 Å². The maximum atomic E-state index is 13.0. The fraction of sp³-hybridized carbons (Fsp3) is 0.476. The van der Waals surface area contributed by atoms with Crippen LogP contribution in [0.4, 0.5) is 0 Å². The number of hydrogen-bond acceptors (Lipinski definition) is 5. The monoisotopic (exact) mass is 417 g/mol. The van der Waals surface area contributed by atoms with Gasteiger partial charge in [0.15, 0.2) is 0 Å². The summed E-state index contributed by atoms with van der Waals surface area (Å²) >= 11 is 0. The highest BCUT2D eigenvalue weighted by atomic mass is 32.2. The molecular weight excluding hydrogens is 390 g/mol. The van der Waals surface area contributed by atoms with Gasteiger partial charge in [-0.15, -0.1) is 0 Å². The zero-order chi connectivity index (χ0) is 20.4. The van der Waals surface area contributed by atoms with Crippen LogP contribution in [0.1, 0.15) is 23.3 Å². The van der Waals surface area contributed by atoms with Gasteiger partial charge in [0.25, 0.3) is 0 Å². The van der Waals surface area contributed by atoms with E-state index in [0.717, 1.165) is 30.6 Å². The molecule has 156 valence electrons. The Kier molecular flexibility index (Phi) is 5.76. The molecule has 4 rings (SSSR count). The van der Waals surface area contributed by atoms with Gasteiger partial charge < -0.3 is 9.32 Å². The average molecular weight is 418 g/mol. The second-order valence-electron chi connectivity index (χ2n) is 7.79. The fourth-order valence-corrected chi connectivity index (χ4v) is 5.50. The molecule has 1 aliphatic heterocycles. The molecule has 2 aromatic rings. The van der Waals surface area contributed by atoms with E-state index in [2.05, 4.69) is 0 Å². The van der Waals surface area contributed by atoms with Crippen LogP contribution in [-0.4, -0.2) is 68.2 Å². The highest BCUT2D eigenvalue weighted by Crippen LogP contribution is 2.26. The molecule has 29 heavy (non-hydrogen) atoms. The molecule has 1 aliphatic carbocycles. The predicted molar refractivity (Wildman–Crippen MR) is 109 cm³/mol. The van der Waals surface area contributed by atoms with E-state index in [-0.39, 0.29) is 12.5 Å². The summed E-state index contributed by atoms with van der Waals surface area (Å²) in [5.74, 6) is 0.738. The lowest BCUT2D eigenvalue weighted by atomic mass is 10.1. The van der Waals surface area contributed by atoms with Crippen molar-refractivity contribution in [1.29, 1.82) is 0 Å². The van der Waals surface area contributed by atoms with E-state index in [0.29, 0.717) is 37.6 Å². The van der Waals surface area contributed by atoms with Crippen molar-refractivity contribution in [3.8, 4) is 0 Å². The maximum absolute atomic E-state index is 13.0. The van der Waals surface area contributed by atoms with Crippen molar-refractivity contribution in [2.75, 3.05) is 39.8 Å². The van der Waals surface area contributed by atoms with Crippen molar-refractivity contribution >= 4 is 15.9 Å². The van der Waals surface area contributed by atoms with E-state index >= 15 is 0 Å². The number of piperazine rings is 1. The Labute approximate surface area is 171 Å². The molecule has 2 aliphatic rings. The van der Waals surface area contributed by atoms with E-state index in [4.69, 9.17) is 4.42 Å². The standard InChI is InChI=1S/C21H27N3O4S/c1-22(15-19-6-3-13-28-19)21(25)16-23-9-11-24(12-10-23)29(26,27)20-8-7-17-4-2-5-18(17)14-20/h3,6-8,13-14H,2,4-5,9-12,15-16H2,1H3. The lowest BCUT2D eigenvalue weighted by Gasteiger charge is -2.34. The molecule has 1 aromatic carbocycles. The molecule has 0 N–H and O–H groups in total. The highest BCUT2D eigenvalue weighted by Gasteiger charge is 2.30. The minimum absolute atomic E-state index is 0.00340. The first-order valence-corrected chi connectivity index (χ1v) is 11.5. The first-order chi connectivity index (χ1) is 13.9. The predicted octanol–water partition coefficient (Wildman–Crippen LogP) is 1.73. The quantitative estimate of drug-likeness (QED) is 0.716. The van der Waals surface area contributed by atoms with Crippen LogP contribution in [-0.2, 0) is 34.2 Å². The molecule has 8 heteroatoms. The number of likely N-dealkylation sites (N-methyl/N-ethyl adjacent to an activating group) is 1. The van der Waals surface area contributed by atoms with Gasteiger partial charge in [0.05, 0.1) is 24.2 Å². The number of rotatable bonds is 6. The van der Waals surface area contributed by atoms with E-state index in [9.17, 15) is 13.2 Å². The summed E-state index contributed by atoms with van der Waals surface area (Å²) in [4.78, 5) is 16.5. The summed E-state index contributed by atoms with van der Waals surface area (Å²) < 4.78 is 32.9. The number of nitrogens with zero attached hydrogens (tertiary/aromatic N) is 3. The van der Waals surface area contributed by atoms with Crippen LogP contribution >= 0.6 is 0 Å². The van der Waals surface area contributed by atoms with Crippen LogP contribution < -0.4 is 0 Å². The Morgan fingerprint density at radius 1 is 1.10 bits per heavy atom. The minimum Gasteiger partial charge on any atom is -0.467 e. The van der Waals surface area contributed by atoms with E-state index in [1.165, 1.54) is 9.87 Å². The Bertz CT molecular complexity index is 964. The summed E-state index contributed by atoms with van der Waals surface area (Å²) in [5, 5.41) is 0. The molecule has 0 atom stereocenters. The number of benzene rings is 1. The van der Waals surface area contributed by atoms with Gasteiger partial charge in [-0.1, -0.05) is 6.07 Å². The van der Waals surface area contributed by atoms with Gasteiger partial charge in [0.2, 0.25) is 15.9 Å². The highest BCUT2D eigenvalue weighted by molar-refractivity contribution is 7.89. The van der Waals surface area contributed by atoms with Crippen LogP contribution in [0, 0.1) is 0 Å². The summed E-state index contributed by atoms with van der Waals surface area (Å²) in [5.41, 5.74) is 2.43. The zero-order valence-electron chi connectivity index (χ0n) is 16.7. The van der Waals surface area contributed by atoms with Crippen LogP contribution in [0.25, 0.3) is 0 Å². The molecule has 0 saturated carbocycles. The Balaban J connectivity index is 1.32. The summed E-state index contributed by atoms with van der Waals surface area (Å²) in [6.45, 7) is 2.60. The number of fused-ring (bicyclic) bond motifs is 1. The average Bonchev–Trinajstić information content (AvgIpc) is 3.39. The summed E-state index contributed by atoms with van der Waals surface area (Å²) in [6, 6.07) is 9.18. The Hall–Kier alpha value is -2.16. The molecule has 0 radical (unpaired) electrons. The second-order valence-corrected chi connectivity index (χ2v) is 9.73. The number of furan rings is 1. The van der Waals surface area contributed by atoms with Crippen LogP contribution in [0.3, 0.4) is 0 Å². The Morgan fingerprint density at radius 3 is 2.59 bits per heavy atom. The van der Waals surface area contributed by atoms with Gasteiger partial charge in [0, 0.05) is 33.2 Å². The lowest BCUT2D eigenvalue weighted by Crippen LogP contribution is -2.51. The third-order valence-electron chi connectivity index (χ3n) is 5.80. The third kappa shape index (κ3) is 4.39. The van der Waals surface area contributed by atoms with Crippen LogP contribution in [0.15, 0.2) is 45.9 Å². The molecule has 1 fully saturated rings. The van der Waals surface area contributed by atoms with Crippen molar-refractivity contribution < 1.29 is 17.6 Å². The topological polar surface area (TPSA) is 74.1 Å². The van der Waals surface area contributed by atoms with E-state index < -0.39 is 10.0 Å². The normalized spacial score (nSPS) is 18.0. The number of aryl methyl sites for hydroxylation is 2. The molecule has 1 aromatic heterocycles. The maximum Gasteiger partial charge on any atom is 0.243 e. The van der Waals surface area contributed by atoms with Crippen molar-refractivity contribution in [2.24, 2.45) is 0 Å². The van der Waals surface area contributed by atoms with Crippen molar-refractivity contribution in [2.45, 2.75) is 30.7 Å². The molecule has 0 unspecified atom stereocenters. The van der Waals surface area contributed by atoms with Crippen molar-refractivity contribution in [3.63, 3.8) is 0 Å². The zero-order valence-corrected chi connectivity index (χ0v) is 17.5. The van der Waals surface area contributed by atoms with Crippen LogP contribution in [0.5, 0.6) is 0 Å².